The molecule has 0 radical (unpaired) electrons. The molecule has 0 unspecified atom stereocenters. The first-order valence-corrected chi connectivity index (χ1v) is 5.72. The summed E-state index contributed by atoms with van der Waals surface area (Å²) in [6.07, 6.45) is 1.19. The lowest BCUT2D eigenvalue weighted by Gasteiger charge is -2.34. The Morgan fingerprint density at radius 2 is 1.89 bits per heavy atom. The van der Waals surface area contributed by atoms with Crippen LogP contribution >= 0.6 is 0 Å². The maximum atomic E-state index is 11.9. The van der Waals surface area contributed by atoms with Crippen molar-refractivity contribution in [2.45, 2.75) is 33.1 Å². The number of unbranched alkanes of at least 4 members (excludes halogenated alkanes) is 1. The van der Waals surface area contributed by atoms with E-state index < -0.39 is 29.2 Å². The molecule has 7 nitrogen and oxygen atoms in total. The van der Waals surface area contributed by atoms with Gasteiger partial charge in [-0.2, -0.15) is 0 Å². The lowest BCUT2D eigenvalue weighted by Crippen LogP contribution is -2.61. The molecular weight excluding hydrogens is 238 g/mol. The fraction of sp³-hybridized carbons (Fsp3) is 0.636. The summed E-state index contributed by atoms with van der Waals surface area (Å²) in [6, 6.07) is -0.705. The molecule has 0 spiro atoms. The normalized spacial score (nSPS) is 18.8. The number of nitrogens with one attached hydrogen (secondary N) is 1. The number of carbonyl (C=O) groups excluding carboxylic acids is 4. The van der Waals surface area contributed by atoms with E-state index in [4.69, 9.17) is 5.73 Å². The van der Waals surface area contributed by atoms with Gasteiger partial charge in [0.25, 0.3) is 0 Å². The zero-order chi connectivity index (χ0) is 13.9. The van der Waals surface area contributed by atoms with Crippen LogP contribution in [0.15, 0.2) is 0 Å². The molecule has 1 aliphatic heterocycles. The predicted octanol–water partition coefficient (Wildman–Crippen LogP) is -0.253. The van der Waals surface area contributed by atoms with Crippen LogP contribution in [0.4, 0.5) is 4.79 Å². The van der Waals surface area contributed by atoms with E-state index in [1.54, 1.807) is 0 Å². The molecule has 3 N–H and O–H groups in total. The Hall–Kier alpha value is -1.92. The topological polar surface area (TPSA) is 110 Å². The van der Waals surface area contributed by atoms with Crippen LogP contribution in [0.1, 0.15) is 33.1 Å². The summed E-state index contributed by atoms with van der Waals surface area (Å²) in [5, 5.41) is 2.14. The first-order chi connectivity index (χ1) is 8.26. The highest BCUT2D eigenvalue weighted by molar-refractivity contribution is 6.18. The van der Waals surface area contributed by atoms with Gasteiger partial charge in [0.15, 0.2) is 0 Å². The molecule has 0 aromatic carbocycles. The first-order valence-electron chi connectivity index (χ1n) is 5.72. The van der Waals surface area contributed by atoms with Crippen LogP contribution in [0.2, 0.25) is 0 Å². The summed E-state index contributed by atoms with van der Waals surface area (Å²) in [4.78, 5) is 46.5. The number of rotatable bonds is 5. The second-order valence-electron chi connectivity index (χ2n) is 4.76. The Bertz CT molecular complexity index is 403. The largest absolute Gasteiger partial charge is 0.370 e. The minimum atomic E-state index is -1.24. The summed E-state index contributed by atoms with van der Waals surface area (Å²) in [5.74, 6) is -1.53. The summed E-state index contributed by atoms with van der Waals surface area (Å²) < 4.78 is 0. The van der Waals surface area contributed by atoms with Gasteiger partial charge >= 0.3 is 6.03 Å². The van der Waals surface area contributed by atoms with Gasteiger partial charge in [0.1, 0.15) is 5.41 Å². The molecule has 18 heavy (non-hydrogen) atoms. The van der Waals surface area contributed by atoms with Gasteiger partial charge in [-0.3, -0.25) is 24.6 Å². The zero-order valence-corrected chi connectivity index (χ0v) is 10.5. The average Bonchev–Trinajstić information content (AvgIpc) is 2.25. The van der Waals surface area contributed by atoms with E-state index in [0.29, 0.717) is 12.8 Å². The van der Waals surface area contributed by atoms with Crippen LogP contribution in [0.25, 0.3) is 0 Å². The molecule has 0 aromatic heterocycles. The van der Waals surface area contributed by atoms with Gasteiger partial charge in [0, 0.05) is 13.0 Å². The van der Waals surface area contributed by atoms with E-state index in [1.165, 1.54) is 13.8 Å². The Kier molecular flexibility index (Phi) is 4.05. The quantitative estimate of drug-likeness (QED) is 0.521. The van der Waals surface area contributed by atoms with Crippen molar-refractivity contribution in [2.24, 2.45) is 11.1 Å². The van der Waals surface area contributed by atoms with Crippen LogP contribution in [0, 0.1) is 5.41 Å². The number of carbonyl (C=O) groups is 4. The van der Waals surface area contributed by atoms with Gasteiger partial charge in [-0.1, -0.05) is 0 Å². The van der Waals surface area contributed by atoms with Gasteiger partial charge in [-0.05, 0) is 26.7 Å². The van der Waals surface area contributed by atoms with Gasteiger partial charge in [-0.25, -0.2) is 4.79 Å². The van der Waals surface area contributed by atoms with Crippen LogP contribution in [0.3, 0.4) is 0 Å². The maximum absolute atomic E-state index is 11.9. The molecule has 0 aliphatic carbocycles. The van der Waals surface area contributed by atoms with Gasteiger partial charge < -0.3 is 5.73 Å². The minimum absolute atomic E-state index is 0.175. The highest BCUT2D eigenvalue weighted by atomic mass is 16.2. The number of imide groups is 2. The molecule has 1 heterocycles. The van der Waals surface area contributed by atoms with Gasteiger partial charge in [-0.15, -0.1) is 0 Å². The van der Waals surface area contributed by atoms with Crippen molar-refractivity contribution in [3.63, 3.8) is 0 Å². The van der Waals surface area contributed by atoms with Gasteiger partial charge in [0.05, 0.1) is 0 Å². The molecular formula is C11H17N3O4. The molecule has 1 aliphatic rings. The zero-order valence-electron chi connectivity index (χ0n) is 10.5. The van der Waals surface area contributed by atoms with Crippen molar-refractivity contribution in [2.75, 3.05) is 6.54 Å². The van der Waals surface area contributed by atoms with E-state index >= 15 is 0 Å². The van der Waals surface area contributed by atoms with Crippen LogP contribution in [-0.2, 0) is 14.4 Å². The second-order valence-corrected chi connectivity index (χ2v) is 4.76. The van der Waals surface area contributed by atoms with E-state index in [2.05, 4.69) is 5.32 Å². The molecule has 0 saturated carbocycles. The number of barbiturate groups is 1. The lowest BCUT2D eigenvalue weighted by atomic mass is 9.88. The average molecular weight is 255 g/mol. The number of nitrogens with two attached hydrogens (primary N) is 1. The van der Waals surface area contributed by atoms with Crippen LogP contribution < -0.4 is 11.1 Å². The summed E-state index contributed by atoms with van der Waals surface area (Å²) in [7, 11) is 0. The number of hydrogen-bond donors (Lipinski definition) is 2. The first kappa shape index (κ1) is 14.1. The highest BCUT2D eigenvalue weighted by Crippen LogP contribution is 2.23. The van der Waals surface area contributed by atoms with E-state index in [9.17, 15) is 19.2 Å². The Labute approximate surface area is 105 Å². The van der Waals surface area contributed by atoms with Crippen molar-refractivity contribution in [3.05, 3.63) is 0 Å². The summed E-state index contributed by atoms with van der Waals surface area (Å²) >= 11 is 0. The lowest BCUT2D eigenvalue weighted by molar-refractivity contribution is -0.149. The number of urea groups is 1. The third-order valence-electron chi connectivity index (χ3n) is 2.87. The van der Waals surface area contributed by atoms with Crippen molar-refractivity contribution < 1.29 is 19.2 Å². The Morgan fingerprint density at radius 3 is 2.44 bits per heavy atom. The SMILES string of the molecule is CC1(C)C(=O)NC(=O)N(CCCCC(N)=O)C1=O. The number of primary amides is 1. The van der Waals surface area contributed by atoms with Crippen molar-refractivity contribution in [1.29, 1.82) is 0 Å². The smallest absolute Gasteiger partial charge is 0.330 e. The molecule has 1 rings (SSSR count). The number of amides is 5. The monoisotopic (exact) mass is 255 g/mol. The Balaban J connectivity index is 2.59. The molecule has 0 bridgehead atoms. The fourth-order valence-corrected chi connectivity index (χ4v) is 1.62. The standard InChI is InChI=1S/C11H17N3O4/c1-11(2)8(16)13-10(18)14(9(11)17)6-4-3-5-7(12)15/h3-6H2,1-2H3,(H2,12,15)(H,13,16,18). The number of hydrogen-bond acceptors (Lipinski definition) is 4. The van der Waals surface area contributed by atoms with E-state index in [1.807, 2.05) is 0 Å². The van der Waals surface area contributed by atoms with Crippen molar-refractivity contribution in [3.8, 4) is 0 Å². The molecule has 100 valence electrons. The molecule has 1 fully saturated rings. The van der Waals surface area contributed by atoms with Crippen LogP contribution in [0.5, 0.6) is 0 Å². The molecule has 1 saturated heterocycles. The predicted molar refractivity (Wildman–Crippen MR) is 62.1 cm³/mol. The molecule has 5 amide bonds. The molecule has 7 heteroatoms. The summed E-state index contributed by atoms with van der Waals surface area (Å²) in [6.45, 7) is 3.11. The van der Waals surface area contributed by atoms with Gasteiger partial charge in [0.2, 0.25) is 17.7 Å². The van der Waals surface area contributed by atoms with Crippen molar-refractivity contribution in [1.82, 2.24) is 10.2 Å². The Morgan fingerprint density at radius 1 is 1.28 bits per heavy atom. The van der Waals surface area contributed by atoms with E-state index in [-0.39, 0.29) is 13.0 Å². The number of nitrogens with zero attached hydrogens (tertiary/aromatic N) is 1. The van der Waals surface area contributed by atoms with Crippen LogP contribution in [-0.4, -0.2) is 35.2 Å². The van der Waals surface area contributed by atoms with Crippen molar-refractivity contribution >= 4 is 23.8 Å². The maximum Gasteiger partial charge on any atom is 0.330 e. The fourth-order valence-electron chi connectivity index (χ4n) is 1.62. The highest BCUT2D eigenvalue weighted by Gasteiger charge is 2.46. The minimum Gasteiger partial charge on any atom is -0.370 e. The molecule has 0 aromatic rings. The summed E-state index contributed by atoms with van der Waals surface area (Å²) in [5.41, 5.74) is 3.75. The van der Waals surface area contributed by atoms with E-state index in [0.717, 1.165) is 4.90 Å². The molecule has 0 atom stereocenters. The third-order valence-corrected chi connectivity index (χ3v) is 2.87. The second kappa shape index (κ2) is 5.16. The third kappa shape index (κ3) is 2.85.